The second-order valence-corrected chi connectivity index (χ2v) is 10.3. The Bertz CT molecular complexity index is 981. The molecular formula is C16H17F3N2O5S2. The number of sulfone groups is 1. The van der Waals surface area contributed by atoms with Crippen LogP contribution >= 0.6 is 0 Å². The number of carbonyl (C=O) groups excluding carboxylic acids is 1. The maximum absolute atomic E-state index is 12.8. The van der Waals surface area contributed by atoms with Gasteiger partial charge in [0.25, 0.3) is 5.91 Å². The van der Waals surface area contributed by atoms with Crippen molar-refractivity contribution in [3.8, 4) is 12.3 Å². The van der Waals surface area contributed by atoms with Gasteiger partial charge in [0.05, 0.1) is 22.9 Å². The van der Waals surface area contributed by atoms with Gasteiger partial charge in [0.15, 0.2) is 9.84 Å². The van der Waals surface area contributed by atoms with Crippen LogP contribution in [0.1, 0.15) is 16.8 Å². The third kappa shape index (κ3) is 5.46. The number of rotatable bonds is 6. The number of amides is 1. The van der Waals surface area contributed by atoms with Gasteiger partial charge in [-0.15, -0.1) is 6.42 Å². The van der Waals surface area contributed by atoms with E-state index in [4.69, 9.17) is 6.42 Å². The number of hydrogen-bond donors (Lipinski definition) is 1. The van der Waals surface area contributed by atoms with Crippen molar-refractivity contribution in [3.05, 3.63) is 29.8 Å². The Kier molecular flexibility index (Phi) is 6.42. The molecule has 7 nitrogen and oxygen atoms in total. The minimum absolute atomic E-state index is 0.112. The molecule has 2 rings (SSSR count). The Morgan fingerprint density at radius 3 is 2.36 bits per heavy atom. The first-order valence-corrected chi connectivity index (χ1v) is 11.2. The zero-order valence-electron chi connectivity index (χ0n) is 14.4. The Hall–Kier alpha value is -2.10. The van der Waals surface area contributed by atoms with Crippen molar-refractivity contribution in [1.82, 2.24) is 9.62 Å². The predicted molar refractivity (Wildman–Crippen MR) is 94.6 cm³/mol. The Labute approximate surface area is 160 Å². The lowest BCUT2D eigenvalue weighted by atomic mass is 10.2. The monoisotopic (exact) mass is 438 g/mol. The van der Waals surface area contributed by atoms with Crippen molar-refractivity contribution >= 4 is 25.8 Å². The molecule has 0 bridgehead atoms. The van der Waals surface area contributed by atoms with Gasteiger partial charge in [0.2, 0.25) is 10.0 Å². The van der Waals surface area contributed by atoms with Crippen LogP contribution in [0.25, 0.3) is 0 Å². The SMILES string of the molecule is C#CCN(C1CCS(=O)(=O)C1)S(=O)(=O)c1ccc(C(=O)NCC(F)(F)F)cc1. The molecule has 0 aliphatic carbocycles. The average molecular weight is 438 g/mol. The number of hydrogen-bond acceptors (Lipinski definition) is 5. The van der Waals surface area contributed by atoms with E-state index in [1.54, 1.807) is 5.32 Å². The van der Waals surface area contributed by atoms with Crippen LogP contribution in [0.2, 0.25) is 0 Å². The molecule has 12 heteroatoms. The average Bonchev–Trinajstić information content (AvgIpc) is 2.96. The zero-order valence-corrected chi connectivity index (χ0v) is 16.1. The van der Waals surface area contributed by atoms with Gasteiger partial charge >= 0.3 is 6.18 Å². The van der Waals surface area contributed by atoms with Gasteiger partial charge in [0, 0.05) is 11.6 Å². The molecule has 1 saturated heterocycles. The van der Waals surface area contributed by atoms with Gasteiger partial charge in [-0.3, -0.25) is 4.79 Å². The fraction of sp³-hybridized carbons (Fsp3) is 0.438. The summed E-state index contributed by atoms with van der Waals surface area (Å²) in [5, 5.41) is 1.68. The molecule has 0 aromatic heterocycles. The Balaban J connectivity index is 2.22. The fourth-order valence-corrected chi connectivity index (χ4v) is 6.09. The van der Waals surface area contributed by atoms with E-state index in [0.717, 1.165) is 28.6 Å². The quantitative estimate of drug-likeness (QED) is 0.662. The zero-order chi connectivity index (χ0) is 21.2. The minimum atomic E-state index is -4.57. The van der Waals surface area contributed by atoms with Crippen LogP contribution in [0.5, 0.6) is 0 Å². The highest BCUT2D eigenvalue weighted by Crippen LogP contribution is 2.25. The number of halogens is 3. The summed E-state index contributed by atoms with van der Waals surface area (Å²) < 4.78 is 86.4. The largest absolute Gasteiger partial charge is 0.405 e. The van der Waals surface area contributed by atoms with Crippen molar-refractivity contribution < 1.29 is 34.8 Å². The van der Waals surface area contributed by atoms with Crippen LogP contribution in [0.15, 0.2) is 29.2 Å². The molecule has 154 valence electrons. The van der Waals surface area contributed by atoms with Crippen LogP contribution in [0.4, 0.5) is 13.2 Å². The first-order chi connectivity index (χ1) is 12.9. The Morgan fingerprint density at radius 2 is 1.89 bits per heavy atom. The van der Waals surface area contributed by atoms with Crippen LogP contribution in [-0.2, 0) is 19.9 Å². The number of benzene rings is 1. The molecule has 0 radical (unpaired) electrons. The second kappa shape index (κ2) is 8.10. The molecule has 1 atom stereocenters. The van der Waals surface area contributed by atoms with E-state index >= 15 is 0 Å². The molecule has 1 aromatic carbocycles. The molecule has 1 unspecified atom stereocenters. The molecule has 1 heterocycles. The van der Waals surface area contributed by atoms with Gasteiger partial charge in [-0.2, -0.15) is 17.5 Å². The fourth-order valence-electron chi connectivity index (χ4n) is 2.70. The molecule has 1 aliphatic rings. The van der Waals surface area contributed by atoms with E-state index in [1.165, 1.54) is 0 Å². The third-order valence-electron chi connectivity index (χ3n) is 4.04. The molecular weight excluding hydrogens is 421 g/mol. The predicted octanol–water partition coefficient (Wildman–Crippen LogP) is 0.790. The third-order valence-corrected chi connectivity index (χ3v) is 7.70. The van der Waals surface area contributed by atoms with Crippen LogP contribution < -0.4 is 5.32 Å². The normalized spacial score (nSPS) is 19.3. The smallest absolute Gasteiger partial charge is 0.343 e. The number of sulfonamides is 1. The van der Waals surface area contributed by atoms with Crippen molar-refractivity contribution in [2.45, 2.75) is 23.5 Å². The van der Waals surface area contributed by atoms with Crippen molar-refractivity contribution in [1.29, 1.82) is 0 Å². The van der Waals surface area contributed by atoms with E-state index in [9.17, 15) is 34.8 Å². The van der Waals surface area contributed by atoms with E-state index in [2.05, 4.69) is 5.92 Å². The first-order valence-electron chi connectivity index (χ1n) is 7.96. The van der Waals surface area contributed by atoms with Gasteiger partial charge in [-0.1, -0.05) is 5.92 Å². The summed E-state index contributed by atoms with van der Waals surface area (Å²) in [5.74, 6) is 0.691. The highest BCUT2D eigenvalue weighted by molar-refractivity contribution is 7.92. The number of alkyl halides is 3. The number of nitrogens with zero attached hydrogens (tertiary/aromatic N) is 1. The summed E-state index contributed by atoms with van der Waals surface area (Å²) in [6, 6.07) is 3.45. The summed E-state index contributed by atoms with van der Waals surface area (Å²) in [6.07, 6.45) is 0.760. The molecule has 0 spiro atoms. The molecule has 1 fully saturated rings. The van der Waals surface area contributed by atoms with Crippen LogP contribution in [0, 0.1) is 12.3 Å². The second-order valence-electron chi connectivity index (χ2n) is 6.13. The number of carbonyl (C=O) groups is 1. The molecule has 1 amide bonds. The van der Waals surface area contributed by atoms with Crippen molar-refractivity contribution in [2.75, 3.05) is 24.6 Å². The van der Waals surface area contributed by atoms with Gasteiger partial charge in [-0.25, -0.2) is 16.8 Å². The highest BCUT2D eigenvalue weighted by atomic mass is 32.2. The summed E-state index contributed by atoms with van der Waals surface area (Å²) >= 11 is 0. The van der Waals surface area contributed by atoms with Crippen LogP contribution in [-0.4, -0.2) is 63.9 Å². The first kappa shape index (κ1) is 22.2. The van der Waals surface area contributed by atoms with E-state index < -0.39 is 44.5 Å². The minimum Gasteiger partial charge on any atom is -0.343 e. The lowest BCUT2D eigenvalue weighted by molar-refractivity contribution is -0.123. The molecule has 1 N–H and O–H groups in total. The lowest BCUT2D eigenvalue weighted by Crippen LogP contribution is -2.41. The lowest BCUT2D eigenvalue weighted by Gasteiger charge is -2.25. The van der Waals surface area contributed by atoms with Gasteiger partial charge in [-0.05, 0) is 30.7 Å². The van der Waals surface area contributed by atoms with Crippen LogP contribution in [0.3, 0.4) is 0 Å². The number of nitrogens with one attached hydrogen (secondary N) is 1. The van der Waals surface area contributed by atoms with Crippen molar-refractivity contribution in [2.24, 2.45) is 0 Å². The van der Waals surface area contributed by atoms with Gasteiger partial charge < -0.3 is 5.32 Å². The summed E-state index contributed by atoms with van der Waals surface area (Å²) in [7, 11) is -7.52. The highest BCUT2D eigenvalue weighted by Gasteiger charge is 2.38. The standard InChI is InChI=1S/C16H17F3N2O5S2/c1-2-8-21(13-7-9-27(23,24)10-13)28(25,26)14-5-3-12(4-6-14)15(22)20-11-16(17,18)19/h1,3-6,13H,7-11H2,(H,20,22). The summed E-state index contributed by atoms with van der Waals surface area (Å²) in [6.45, 7) is -1.85. The van der Waals surface area contributed by atoms with Gasteiger partial charge in [0.1, 0.15) is 6.54 Å². The summed E-state index contributed by atoms with van der Waals surface area (Å²) in [5.41, 5.74) is -0.157. The topological polar surface area (TPSA) is 101 Å². The molecule has 28 heavy (non-hydrogen) atoms. The van der Waals surface area contributed by atoms with Crippen molar-refractivity contribution in [3.63, 3.8) is 0 Å². The van der Waals surface area contributed by atoms with E-state index in [1.807, 2.05) is 0 Å². The number of terminal acetylenes is 1. The molecule has 1 aliphatic heterocycles. The van der Waals surface area contributed by atoms with E-state index in [0.29, 0.717) is 0 Å². The molecule has 1 aromatic rings. The Morgan fingerprint density at radius 1 is 1.29 bits per heavy atom. The van der Waals surface area contributed by atoms with E-state index in [-0.39, 0.29) is 34.9 Å². The maximum atomic E-state index is 12.8. The maximum Gasteiger partial charge on any atom is 0.405 e. The summed E-state index contributed by atoms with van der Waals surface area (Å²) in [4.78, 5) is 11.5. The molecule has 0 saturated carbocycles.